The fraction of sp³-hybridized carbons (Fsp3) is 0.316. The van der Waals surface area contributed by atoms with Gasteiger partial charge >= 0.3 is 0 Å². The van der Waals surface area contributed by atoms with Crippen molar-refractivity contribution in [2.75, 3.05) is 19.0 Å². The maximum Gasteiger partial charge on any atom is 0.243 e. The molecule has 1 aliphatic heterocycles. The highest BCUT2D eigenvalue weighted by molar-refractivity contribution is 7.89. The van der Waals surface area contributed by atoms with Crippen molar-refractivity contribution >= 4 is 21.6 Å². The molecular formula is C19H22N2O4S. The molecule has 0 bridgehead atoms. The molecule has 3 rings (SSSR count). The third kappa shape index (κ3) is 3.73. The molecule has 1 N–H and O–H groups in total. The van der Waals surface area contributed by atoms with Crippen LogP contribution in [0.1, 0.15) is 19.3 Å². The highest BCUT2D eigenvalue weighted by Crippen LogP contribution is 2.28. The minimum atomic E-state index is -3.72. The van der Waals surface area contributed by atoms with Gasteiger partial charge < -0.3 is 10.1 Å². The van der Waals surface area contributed by atoms with Gasteiger partial charge in [0.15, 0.2) is 0 Å². The minimum Gasteiger partial charge on any atom is -0.495 e. The van der Waals surface area contributed by atoms with Gasteiger partial charge in [-0.3, -0.25) is 4.79 Å². The van der Waals surface area contributed by atoms with Crippen LogP contribution >= 0.6 is 0 Å². The van der Waals surface area contributed by atoms with Gasteiger partial charge in [0.25, 0.3) is 0 Å². The molecule has 7 heteroatoms. The number of piperidine rings is 1. The summed E-state index contributed by atoms with van der Waals surface area (Å²) in [7, 11) is -2.20. The maximum absolute atomic E-state index is 13.0. The van der Waals surface area contributed by atoms with Crippen LogP contribution in [-0.4, -0.2) is 38.3 Å². The third-order valence-corrected chi connectivity index (χ3v) is 6.39. The molecule has 0 unspecified atom stereocenters. The molecule has 1 fully saturated rings. The van der Waals surface area contributed by atoms with Crippen molar-refractivity contribution in [1.82, 2.24) is 4.31 Å². The molecule has 0 saturated carbocycles. The molecule has 0 aliphatic carbocycles. The van der Waals surface area contributed by atoms with Crippen LogP contribution in [0.2, 0.25) is 0 Å². The number of carbonyl (C=O) groups is 1. The van der Waals surface area contributed by atoms with E-state index >= 15 is 0 Å². The first-order chi connectivity index (χ1) is 12.5. The Balaban J connectivity index is 1.86. The standard InChI is InChI=1S/C19H22N2O4S/c1-25-18-13-6-5-11-16(18)20-19(22)17-12-7-8-14-21(17)26(23,24)15-9-3-2-4-10-15/h2-6,9-11,13,17H,7-8,12,14H2,1H3,(H,20,22)/t17-/m0/s1. The summed E-state index contributed by atoms with van der Waals surface area (Å²) >= 11 is 0. The van der Waals surface area contributed by atoms with Crippen LogP contribution in [0.4, 0.5) is 5.69 Å². The SMILES string of the molecule is COc1ccccc1NC(=O)[C@@H]1CCCCN1S(=O)(=O)c1ccccc1. The zero-order valence-electron chi connectivity index (χ0n) is 14.6. The summed E-state index contributed by atoms with van der Waals surface area (Å²) in [5.74, 6) is 0.197. The number of rotatable bonds is 5. The number of nitrogens with zero attached hydrogens (tertiary/aromatic N) is 1. The number of benzene rings is 2. The third-order valence-electron chi connectivity index (χ3n) is 4.47. The number of carbonyl (C=O) groups excluding carboxylic acids is 1. The Kier molecular flexibility index (Phi) is 5.58. The van der Waals surface area contributed by atoms with Gasteiger partial charge in [-0.15, -0.1) is 0 Å². The zero-order chi connectivity index (χ0) is 18.6. The number of hydrogen-bond acceptors (Lipinski definition) is 4. The molecule has 1 saturated heterocycles. The molecule has 2 aromatic carbocycles. The fourth-order valence-corrected chi connectivity index (χ4v) is 4.82. The fourth-order valence-electron chi connectivity index (χ4n) is 3.15. The van der Waals surface area contributed by atoms with E-state index < -0.39 is 16.1 Å². The number of anilines is 1. The van der Waals surface area contributed by atoms with Crippen molar-refractivity contribution in [1.29, 1.82) is 0 Å². The van der Waals surface area contributed by atoms with Crippen LogP contribution < -0.4 is 10.1 Å². The zero-order valence-corrected chi connectivity index (χ0v) is 15.4. The number of para-hydroxylation sites is 2. The molecule has 26 heavy (non-hydrogen) atoms. The Morgan fingerprint density at radius 3 is 2.50 bits per heavy atom. The Morgan fingerprint density at radius 1 is 1.08 bits per heavy atom. The maximum atomic E-state index is 13.0. The molecule has 0 spiro atoms. The lowest BCUT2D eigenvalue weighted by atomic mass is 10.0. The average molecular weight is 374 g/mol. The summed E-state index contributed by atoms with van der Waals surface area (Å²) in [5.41, 5.74) is 0.530. The van der Waals surface area contributed by atoms with Crippen molar-refractivity contribution in [3.8, 4) is 5.75 Å². The second-order valence-electron chi connectivity index (χ2n) is 6.13. The monoisotopic (exact) mass is 374 g/mol. The summed E-state index contributed by atoms with van der Waals surface area (Å²) < 4.78 is 32.6. The first kappa shape index (κ1) is 18.4. The Hall–Kier alpha value is -2.38. The van der Waals surface area contributed by atoms with Crippen LogP contribution in [0.3, 0.4) is 0 Å². The second kappa shape index (κ2) is 7.88. The van der Waals surface area contributed by atoms with E-state index in [2.05, 4.69) is 5.32 Å². The van der Waals surface area contributed by atoms with Gasteiger partial charge in [-0.05, 0) is 37.1 Å². The molecule has 2 aromatic rings. The molecular weight excluding hydrogens is 352 g/mol. The van der Waals surface area contributed by atoms with Crippen molar-refractivity contribution < 1.29 is 17.9 Å². The van der Waals surface area contributed by atoms with Gasteiger partial charge in [0, 0.05) is 6.54 Å². The number of methoxy groups -OCH3 is 1. The van der Waals surface area contributed by atoms with Crippen molar-refractivity contribution in [3.05, 3.63) is 54.6 Å². The molecule has 0 aromatic heterocycles. The smallest absolute Gasteiger partial charge is 0.243 e. The average Bonchev–Trinajstić information content (AvgIpc) is 2.69. The predicted molar refractivity (Wildman–Crippen MR) is 99.6 cm³/mol. The molecule has 1 amide bonds. The van der Waals surface area contributed by atoms with E-state index in [1.807, 2.05) is 0 Å². The number of ether oxygens (including phenoxy) is 1. The van der Waals surface area contributed by atoms with Gasteiger partial charge in [-0.1, -0.05) is 36.8 Å². The summed E-state index contributed by atoms with van der Waals surface area (Å²) in [6, 6.07) is 14.6. The van der Waals surface area contributed by atoms with E-state index in [1.165, 1.54) is 11.4 Å². The van der Waals surface area contributed by atoms with Gasteiger partial charge in [0.2, 0.25) is 15.9 Å². The molecule has 6 nitrogen and oxygen atoms in total. The highest BCUT2D eigenvalue weighted by atomic mass is 32.2. The van der Waals surface area contributed by atoms with Crippen LogP contribution in [-0.2, 0) is 14.8 Å². The Bertz CT molecular complexity index is 868. The molecule has 1 atom stereocenters. The number of hydrogen-bond donors (Lipinski definition) is 1. The van der Waals surface area contributed by atoms with E-state index in [1.54, 1.807) is 54.6 Å². The molecule has 138 valence electrons. The van der Waals surface area contributed by atoms with E-state index in [9.17, 15) is 13.2 Å². The van der Waals surface area contributed by atoms with Gasteiger partial charge in [0.1, 0.15) is 11.8 Å². The predicted octanol–water partition coefficient (Wildman–Crippen LogP) is 2.88. The quantitative estimate of drug-likeness (QED) is 0.873. The normalized spacial score (nSPS) is 18.3. The van der Waals surface area contributed by atoms with Crippen molar-refractivity contribution in [3.63, 3.8) is 0 Å². The lowest BCUT2D eigenvalue weighted by molar-refractivity contribution is -0.120. The molecule has 1 heterocycles. The Labute approximate surface area is 153 Å². The Morgan fingerprint density at radius 2 is 1.77 bits per heavy atom. The first-order valence-electron chi connectivity index (χ1n) is 8.55. The number of nitrogens with one attached hydrogen (secondary N) is 1. The summed E-state index contributed by atoms with van der Waals surface area (Å²) in [4.78, 5) is 13.1. The molecule has 0 radical (unpaired) electrons. The van der Waals surface area contributed by atoms with E-state index in [0.29, 0.717) is 24.4 Å². The van der Waals surface area contributed by atoms with E-state index in [-0.39, 0.29) is 10.8 Å². The first-order valence-corrected chi connectivity index (χ1v) is 9.99. The minimum absolute atomic E-state index is 0.206. The van der Waals surface area contributed by atoms with Crippen molar-refractivity contribution in [2.45, 2.75) is 30.2 Å². The largest absolute Gasteiger partial charge is 0.495 e. The molecule has 1 aliphatic rings. The van der Waals surface area contributed by atoms with Crippen molar-refractivity contribution in [2.24, 2.45) is 0 Å². The van der Waals surface area contributed by atoms with Crippen LogP contribution in [0.25, 0.3) is 0 Å². The van der Waals surface area contributed by atoms with Gasteiger partial charge in [0.05, 0.1) is 17.7 Å². The topological polar surface area (TPSA) is 75.7 Å². The highest BCUT2D eigenvalue weighted by Gasteiger charge is 2.37. The van der Waals surface area contributed by atoms with Crippen LogP contribution in [0.5, 0.6) is 5.75 Å². The lowest BCUT2D eigenvalue weighted by Gasteiger charge is -2.33. The van der Waals surface area contributed by atoms with Crippen LogP contribution in [0.15, 0.2) is 59.5 Å². The summed E-state index contributed by atoms with van der Waals surface area (Å²) in [6.07, 6.45) is 2.04. The van der Waals surface area contributed by atoms with E-state index in [4.69, 9.17) is 4.74 Å². The second-order valence-corrected chi connectivity index (χ2v) is 8.02. The number of amides is 1. The number of sulfonamides is 1. The van der Waals surface area contributed by atoms with Gasteiger partial charge in [-0.25, -0.2) is 8.42 Å². The lowest BCUT2D eigenvalue weighted by Crippen LogP contribution is -2.49. The summed E-state index contributed by atoms with van der Waals surface area (Å²) in [6.45, 7) is 0.335. The van der Waals surface area contributed by atoms with Crippen LogP contribution in [0, 0.1) is 0 Å². The summed E-state index contributed by atoms with van der Waals surface area (Å²) in [5, 5.41) is 2.81. The van der Waals surface area contributed by atoms with Gasteiger partial charge in [-0.2, -0.15) is 4.31 Å². The van der Waals surface area contributed by atoms with E-state index in [0.717, 1.165) is 12.8 Å².